The number of benzene rings is 1. The lowest BCUT2D eigenvalue weighted by Gasteiger charge is -2.43. The van der Waals surface area contributed by atoms with Gasteiger partial charge in [0, 0.05) is 43.2 Å². The number of hydrogen-bond donors (Lipinski definition) is 1. The molecule has 4 rings (SSSR count). The summed E-state index contributed by atoms with van der Waals surface area (Å²) in [4.78, 5) is 24.0. The predicted molar refractivity (Wildman–Crippen MR) is 136 cm³/mol. The molecule has 1 amide bonds. The molecule has 1 saturated carbocycles. The number of hydrogen-bond acceptors (Lipinski definition) is 6. The standard InChI is InChI=1S/C23H34ClN3O4S.C2H4O/c1-16-4-7-19(25-16)13-26(3)22(28)12-23(10-11-23)21-15-31-14-17(2)27(21)32(29,30)20-8-5-18(24)6-9-20;1-2-3/h5-6,8-9,16-17,19,21,25H,4,7,10-15H2,1-3H3;2H,1H3/t16?,17-,19?,21-;/m1./s1. The molecule has 1 aromatic carbocycles. The van der Waals surface area contributed by atoms with Gasteiger partial charge >= 0.3 is 0 Å². The van der Waals surface area contributed by atoms with Gasteiger partial charge in [0.2, 0.25) is 15.9 Å². The van der Waals surface area contributed by atoms with E-state index in [2.05, 4.69) is 12.2 Å². The van der Waals surface area contributed by atoms with E-state index in [0.717, 1.165) is 32.0 Å². The Morgan fingerprint density at radius 1 is 1.23 bits per heavy atom. The lowest BCUT2D eigenvalue weighted by Crippen LogP contribution is -2.57. The number of carbonyl (C=O) groups excluding carboxylic acids is 2. The van der Waals surface area contributed by atoms with E-state index in [1.807, 2.05) is 14.0 Å². The maximum atomic E-state index is 13.6. The van der Waals surface area contributed by atoms with Crippen molar-refractivity contribution in [2.45, 2.75) is 81.9 Å². The summed E-state index contributed by atoms with van der Waals surface area (Å²) in [5, 5.41) is 4.02. The molecule has 2 heterocycles. The third kappa shape index (κ3) is 6.63. The summed E-state index contributed by atoms with van der Waals surface area (Å²) in [7, 11) is -1.89. The number of halogens is 1. The van der Waals surface area contributed by atoms with Crippen LogP contribution in [0.2, 0.25) is 5.02 Å². The molecule has 3 fully saturated rings. The van der Waals surface area contributed by atoms with Crippen LogP contribution in [0.5, 0.6) is 0 Å². The SMILES string of the molecule is CC1CCC(CN(C)C(=O)CC2([C@H]3COC[C@@H](C)N3S(=O)(=O)c3ccc(Cl)cc3)CC2)N1.CC=O. The van der Waals surface area contributed by atoms with E-state index < -0.39 is 10.0 Å². The van der Waals surface area contributed by atoms with Crippen LogP contribution in [-0.2, 0) is 24.3 Å². The van der Waals surface area contributed by atoms with Gasteiger partial charge in [-0.1, -0.05) is 11.6 Å². The number of rotatable bonds is 7. The van der Waals surface area contributed by atoms with Crippen molar-refractivity contribution in [1.29, 1.82) is 0 Å². The van der Waals surface area contributed by atoms with Crippen molar-refractivity contribution in [2.24, 2.45) is 5.41 Å². The molecular weight excluding hydrogens is 490 g/mol. The van der Waals surface area contributed by atoms with Gasteiger partial charge in [0.15, 0.2) is 0 Å². The molecule has 0 bridgehead atoms. The van der Waals surface area contributed by atoms with Gasteiger partial charge in [-0.15, -0.1) is 0 Å². The fourth-order valence-electron chi connectivity index (χ4n) is 5.20. The fraction of sp³-hybridized carbons (Fsp3) is 0.680. The van der Waals surface area contributed by atoms with Crippen LogP contribution in [0.4, 0.5) is 0 Å². The van der Waals surface area contributed by atoms with Gasteiger partial charge in [0.1, 0.15) is 6.29 Å². The molecule has 0 spiro atoms. The van der Waals surface area contributed by atoms with Crippen molar-refractivity contribution >= 4 is 33.8 Å². The number of nitrogens with one attached hydrogen (secondary N) is 1. The molecule has 0 aromatic heterocycles. The van der Waals surface area contributed by atoms with Crippen molar-refractivity contribution in [3.63, 3.8) is 0 Å². The van der Waals surface area contributed by atoms with Crippen molar-refractivity contribution in [2.75, 3.05) is 26.8 Å². The van der Waals surface area contributed by atoms with Crippen LogP contribution >= 0.6 is 11.6 Å². The van der Waals surface area contributed by atoms with Crippen LogP contribution < -0.4 is 5.32 Å². The van der Waals surface area contributed by atoms with Gasteiger partial charge in [-0.25, -0.2) is 8.42 Å². The van der Waals surface area contributed by atoms with Crippen LogP contribution in [0.3, 0.4) is 0 Å². The molecule has 1 aliphatic carbocycles. The van der Waals surface area contributed by atoms with Crippen LogP contribution in [-0.4, -0.2) is 80.8 Å². The third-order valence-electron chi connectivity index (χ3n) is 7.26. The zero-order valence-electron chi connectivity index (χ0n) is 21.1. The number of likely N-dealkylation sites (N-methyl/N-ethyl adjacent to an activating group) is 1. The lowest BCUT2D eigenvalue weighted by atomic mass is 9.90. The molecule has 2 saturated heterocycles. The van der Waals surface area contributed by atoms with E-state index >= 15 is 0 Å². The molecule has 1 N–H and O–H groups in total. The zero-order valence-corrected chi connectivity index (χ0v) is 22.6. The summed E-state index contributed by atoms with van der Waals surface area (Å²) >= 11 is 5.97. The Kier molecular flexibility index (Phi) is 9.37. The minimum atomic E-state index is -3.74. The lowest BCUT2D eigenvalue weighted by molar-refractivity contribution is -0.133. The highest BCUT2D eigenvalue weighted by Crippen LogP contribution is 2.55. The largest absolute Gasteiger partial charge is 0.378 e. The quantitative estimate of drug-likeness (QED) is 0.547. The van der Waals surface area contributed by atoms with Crippen molar-refractivity contribution in [1.82, 2.24) is 14.5 Å². The minimum absolute atomic E-state index is 0.0749. The number of nitrogens with zero attached hydrogens (tertiary/aromatic N) is 2. The van der Waals surface area contributed by atoms with E-state index in [0.29, 0.717) is 43.3 Å². The van der Waals surface area contributed by atoms with Crippen LogP contribution in [0, 0.1) is 5.41 Å². The number of amides is 1. The summed E-state index contributed by atoms with van der Waals surface area (Å²) in [6, 6.07) is 6.45. The summed E-state index contributed by atoms with van der Waals surface area (Å²) in [6.45, 7) is 6.83. The zero-order chi connectivity index (χ0) is 25.8. The molecular formula is C25H38ClN3O5S. The van der Waals surface area contributed by atoms with Gasteiger partial charge in [0.05, 0.1) is 24.2 Å². The first-order valence-corrected chi connectivity index (χ1v) is 14.1. The highest BCUT2D eigenvalue weighted by molar-refractivity contribution is 7.89. The second-order valence-electron chi connectivity index (χ2n) is 10.1. The van der Waals surface area contributed by atoms with E-state index in [4.69, 9.17) is 21.1 Å². The second-order valence-corrected chi connectivity index (χ2v) is 12.4. The van der Waals surface area contributed by atoms with Crippen molar-refractivity contribution < 1.29 is 22.7 Å². The summed E-state index contributed by atoms with van der Waals surface area (Å²) in [5.41, 5.74) is -0.365. The normalized spacial score (nSPS) is 28.0. The maximum absolute atomic E-state index is 13.6. The van der Waals surface area contributed by atoms with Crippen LogP contribution in [0.1, 0.15) is 52.9 Å². The average molecular weight is 528 g/mol. The molecule has 196 valence electrons. The first-order valence-electron chi connectivity index (χ1n) is 12.3. The van der Waals surface area contributed by atoms with Gasteiger partial charge in [-0.2, -0.15) is 4.31 Å². The van der Waals surface area contributed by atoms with Gasteiger partial charge in [-0.05, 0) is 76.1 Å². The van der Waals surface area contributed by atoms with E-state index in [1.165, 1.54) is 6.92 Å². The molecule has 4 atom stereocenters. The Labute approximate surface area is 214 Å². The van der Waals surface area contributed by atoms with Crippen molar-refractivity contribution in [3.05, 3.63) is 29.3 Å². The minimum Gasteiger partial charge on any atom is -0.378 e. The highest BCUT2D eigenvalue weighted by Gasteiger charge is 2.57. The monoisotopic (exact) mass is 527 g/mol. The maximum Gasteiger partial charge on any atom is 0.243 e. The van der Waals surface area contributed by atoms with E-state index in [1.54, 1.807) is 33.5 Å². The summed E-state index contributed by atoms with van der Waals surface area (Å²) in [6.07, 6.45) is 4.97. The Bertz CT molecular complexity index is 983. The molecule has 10 heteroatoms. The number of aldehydes is 1. The first-order chi connectivity index (χ1) is 16.5. The molecule has 2 aliphatic heterocycles. The first kappa shape index (κ1) is 28.1. The predicted octanol–water partition coefficient (Wildman–Crippen LogP) is 3.09. The van der Waals surface area contributed by atoms with Crippen LogP contribution in [0.15, 0.2) is 29.2 Å². The second kappa shape index (κ2) is 11.7. The van der Waals surface area contributed by atoms with E-state index in [-0.39, 0.29) is 28.3 Å². The molecule has 8 nitrogen and oxygen atoms in total. The van der Waals surface area contributed by atoms with Crippen LogP contribution in [0.25, 0.3) is 0 Å². The third-order valence-corrected chi connectivity index (χ3v) is 9.55. The molecule has 1 aromatic rings. The fourth-order valence-corrected chi connectivity index (χ4v) is 7.21. The Morgan fingerprint density at radius 3 is 2.40 bits per heavy atom. The van der Waals surface area contributed by atoms with Crippen molar-refractivity contribution in [3.8, 4) is 0 Å². The smallest absolute Gasteiger partial charge is 0.243 e. The number of sulfonamides is 1. The number of ether oxygens (including phenoxy) is 1. The Balaban J connectivity index is 0.00000108. The topological polar surface area (TPSA) is 96.0 Å². The molecule has 2 unspecified atom stereocenters. The van der Waals surface area contributed by atoms with Gasteiger partial charge in [-0.3, -0.25) is 4.79 Å². The Morgan fingerprint density at radius 2 is 1.86 bits per heavy atom. The number of morpholine rings is 1. The summed E-state index contributed by atoms with van der Waals surface area (Å²) in [5.74, 6) is 0.0749. The van der Waals surface area contributed by atoms with Gasteiger partial charge in [0.25, 0.3) is 0 Å². The summed E-state index contributed by atoms with van der Waals surface area (Å²) < 4.78 is 34.6. The highest BCUT2D eigenvalue weighted by atomic mass is 35.5. The van der Waals surface area contributed by atoms with Gasteiger partial charge < -0.3 is 19.7 Å². The molecule has 35 heavy (non-hydrogen) atoms. The van der Waals surface area contributed by atoms with E-state index in [9.17, 15) is 13.2 Å². The molecule has 3 aliphatic rings. The average Bonchev–Trinajstić information content (AvgIpc) is 3.47. The Hall–Kier alpha value is -1.52. The molecule has 0 radical (unpaired) electrons. The number of carbonyl (C=O) groups is 2.